The molecule has 1 rings (SSSR count). The van der Waals surface area contributed by atoms with Gasteiger partial charge >= 0.3 is 13.2 Å². The summed E-state index contributed by atoms with van der Waals surface area (Å²) in [5.74, 6) is 0.356. The highest BCUT2D eigenvalue weighted by atomic mass is 16.6. The van der Waals surface area contributed by atoms with Gasteiger partial charge in [-0.05, 0) is 20.8 Å². The summed E-state index contributed by atoms with van der Waals surface area (Å²) in [5.41, 5.74) is -0.167. The Bertz CT molecular complexity index is 572. The number of carbonyl (C=O) groups is 1. The lowest BCUT2D eigenvalue weighted by Crippen LogP contribution is -2.38. The Hall–Kier alpha value is -2.19. The molecule has 0 unspecified atom stereocenters. The van der Waals surface area contributed by atoms with Crippen molar-refractivity contribution in [1.29, 1.82) is 0 Å². The maximum atomic E-state index is 12.4. The van der Waals surface area contributed by atoms with E-state index in [-0.39, 0.29) is 23.5 Å². The van der Waals surface area contributed by atoms with Crippen molar-refractivity contribution in [3.63, 3.8) is 0 Å². The van der Waals surface area contributed by atoms with E-state index in [1.54, 1.807) is 26.8 Å². The minimum Gasteiger partial charge on any atom is -0.497 e. The van der Waals surface area contributed by atoms with E-state index < -0.39 is 18.8 Å². The third kappa shape index (κ3) is 4.91. The maximum Gasteiger partial charge on any atom is 0.496 e. The fourth-order valence-electron chi connectivity index (χ4n) is 2.07. The van der Waals surface area contributed by atoms with E-state index in [2.05, 4.69) is 6.58 Å². The molecule has 0 atom stereocenters. The van der Waals surface area contributed by atoms with Crippen molar-refractivity contribution in [1.82, 2.24) is 0 Å². The van der Waals surface area contributed by atoms with E-state index in [0.717, 1.165) is 0 Å². The summed E-state index contributed by atoms with van der Waals surface area (Å²) < 4.78 is 15.8. The maximum absolute atomic E-state index is 12.4. The van der Waals surface area contributed by atoms with Gasteiger partial charge in [0.05, 0.1) is 25.4 Å². The van der Waals surface area contributed by atoms with Crippen molar-refractivity contribution in [2.24, 2.45) is 0 Å². The first-order valence-electron chi connectivity index (χ1n) is 7.38. The van der Waals surface area contributed by atoms with Crippen LogP contribution in [0.5, 0.6) is 11.5 Å². The number of anilines is 1. The summed E-state index contributed by atoms with van der Waals surface area (Å²) in [6.07, 6.45) is 0.987. The van der Waals surface area contributed by atoms with E-state index in [0.29, 0.717) is 5.69 Å². The van der Waals surface area contributed by atoms with Gasteiger partial charge in [-0.3, -0.25) is 4.90 Å². The highest BCUT2D eigenvalue weighted by Crippen LogP contribution is 2.28. The van der Waals surface area contributed by atoms with Gasteiger partial charge in [0.2, 0.25) is 0 Å². The monoisotopic (exact) mass is 337 g/mol. The zero-order valence-corrected chi connectivity index (χ0v) is 14.7. The van der Waals surface area contributed by atoms with Crippen molar-refractivity contribution in [3.8, 4) is 11.5 Å². The third-order valence-electron chi connectivity index (χ3n) is 3.02. The molecular formula is C16H24BNO6. The number of hydrogen-bond acceptors (Lipinski definition) is 6. The first-order valence-corrected chi connectivity index (χ1v) is 7.38. The number of ether oxygens (including phenoxy) is 3. The number of benzene rings is 1. The molecule has 0 heterocycles. The van der Waals surface area contributed by atoms with Gasteiger partial charge in [-0.25, -0.2) is 4.79 Å². The average molecular weight is 337 g/mol. The summed E-state index contributed by atoms with van der Waals surface area (Å²) in [5, 5.41) is 19.0. The van der Waals surface area contributed by atoms with Gasteiger partial charge in [0.25, 0.3) is 0 Å². The molecule has 1 aromatic carbocycles. The molecule has 0 aromatic heterocycles. The molecule has 2 N–H and O–H groups in total. The van der Waals surface area contributed by atoms with E-state index in [1.165, 1.54) is 31.3 Å². The minimum atomic E-state index is -1.78. The minimum absolute atomic E-state index is 0.0755. The van der Waals surface area contributed by atoms with Crippen LogP contribution < -0.4 is 19.8 Å². The first-order chi connectivity index (χ1) is 11.1. The van der Waals surface area contributed by atoms with Crippen molar-refractivity contribution in [3.05, 3.63) is 24.8 Å². The molecule has 7 nitrogen and oxygen atoms in total. The lowest BCUT2D eigenvalue weighted by molar-refractivity contribution is 0.0584. The Labute approximate surface area is 142 Å². The summed E-state index contributed by atoms with van der Waals surface area (Å²) in [7, 11) is 0.990. The second kappa shape index (κ2) is 8.07. The molecule has 0 fully saturated rings. The fourth-order valence-corrected chi connectivity index (χ4v) is 2.07. The summed E-state index contributed by atoms with van der Waals surface area (Å²) in [4.78, 5) is 13.8. The van der Waals surface area contributed by atoms with Crippen LogP contribution in [-0.2, 0) is 4.74 Å². The van der Waals surface area contributed by atoms with Crippen LogP contribution in [0.15, 0.2) is 24.8 Å². The summed E-state index contributed by atoms with van der Waals surface area (Å²) in [6.45, 7) is 9.14. The Kier molecular flexibility index (Phi) is 6.68. The number of methoxy groups -OCH3 is 2. The Morgan fingerprint density at radius 3 is 2.08 bits per heavy atom. The van der Waals surface area contributed by atoms with Gasteiger partial charge in [0.1, 0.15) is 17.1 Å². The van der Waals surface area contributed by atoms with Crippen LogP contribution >= 0.6 is 0 Å². The number of hydrogen-bond donors (Lipinski definition) is 2. The molecule has 1 amide bonds. The predicted octanol–water partition coefficient (Wildman–Crippen LogP) is 1.31. The lowest BCUT2D eigenvalue weighted by atomic mass is 9.78. The smallest absolute Gasteiger partial charge is 0.496 e. The van der Waals surface area contributed by atoms with Crippen molar-refractivity contribution < 1.29 is 29.1 Å². The molecule has 1 aromatic rings. The molecule has 132 valence electrons. The van der Waals surface area contributed by atoms with Gasteiger partial charge in [-0.15, -0.1) is 6.58 Å². The van der Waals surface area contributed by atoms with Gasteiger partial charge in [0, 0.05) is 18.7 Å². The molecule has 0 aliphatic heterocycles. The van der Waals surface area contributed by atoms with Crippen LogP contribution in [0.1, 0.15) is 20.8 Å². The molecule has 24 heavy (non-hydrogen) atoms. The Morgan fingerprint density at radius 2 is 1.75 bits per heavy atom. The number of rotatable bonds is 6. The fraction of sp³-hybridized carbons (Fsp3) is 0.438. The highest BCUT2D eigenvalue weighted by molar-refractivity contribution is 6.61. The molecule has 0 bridgehead atoms. The molecule has 0 saturated heterocycles. The number of amides is 1. The SMILES string of the molecule is C=CCN(C(=O)OC(C)(C)C)c1cc(OC)c(B(O)O)c(OC)c1. The topological polar surface area (TPSA) is 88.5 Å². The molecule has 0 spiro atoms. The van der Waals surface area contributed by atoms with E-state index in [4.69, 9.17) is 14.2 Å². The second-order valence-corrected chi connectivity index (χ2v) is 6.02. The van der Waals surface area contributed by atoms with Crippen LogP contribution in [0.3, 0.4) is 0 Å². The van der Waals surface area contributed by atoms with Crippen molar-refractivity contribution in [2.45, 2.75) is 26.4 Å². The first kappa shape index (κ1) is 19.9. The van der Waals surface area contributed by atoms with E-state index in [9.17, 15) is 14.8 Å². The quantitative estimate of drug-likeness (QED) is 0.601. The second-order valence-electron chi connectivity index (χ2n) is 6.02. The third-order valence-corrected chi connectivity index (χ3v) is 3.02. The van der Waals surface area contributed by atoms with Crippen LogP contribution in [0.2, 0.25) is 0 Å². The highest BCUT2D eigenvalue weighted by Gasteiger charge is 2.28. The zero-order chi connectivity index (χ0) is 18.5. The Balaban J connectivity index is 3.38. The van der Waals surface area contributed by atoms with Crippen LogP contribution in [0, 0.1) is 0 Å². The zero-order valence-electron chi connectivity index (χ0n) is 14.7. The molecule has 0 radical (unpaired) electrons. The van der Waals surface area contributed by atoms with E-state index in [1.807, 2.05) is 0 Å². The van der Waals surface area contributed by atoms with Gasteiger partial charge in [0.15, 0.2) is 0 Å². The standard InChI is InChI=1S/C16H24BNO6/c1-7-8-18(15(19)24-16(2,3)4)11-9-12(22-5)14(17(20)21)13(10-11)23-6/h7,9-10,20-21H,1,8H2,2-6H3. The summed E-state index contributed by atoms with van der Waals surface area (Å²) in [6, 6.07) is 3.01. The lowest BCUT2D eigenvalue weighted by Gasteiger charge is -2.27. The summed E-state index contributed by atoms with van der Waals surface area (Å²) >= 11 is 0. The number of carbonyl (C=O) groups excluding carboxylic acids is 1. The normalized spacial score (nSPS) is 10.8. The molecule has 0 saturated carbocycles. The van der Waals surface area contributed by atoms with Gasteiger partial charge < -0.3 is 24.3 Å². The molecule has 0 aliphatic carbocycles. The molecular weight excluding hydrogens is 313 g/mol. The largest absolute Gasteiger partial charge is 0.497 e. The van der Waals surface area contributed by atoms with Crippen LogP contribution in [0.25, 0.3) is 0 Å². The van der Waals surface area contributed by atoms with Crippen molar-refractivity contribution in [2.75, 3.05) is 25.7 Å². The number of nitrogens with zero attached hydrogens (tertiary/aromatic N) is 1. The van der Waals surface area contributed by atoms with Crippen LogP contribution in [0.4, 0.5) is 10.5 Å². The molecule has 8 heteroatoms. The molecule has 0 aliphatic rings. The van der Waals surface area contributed by atoms with Crippen molar-refractivity contribution >= 4 is 24.4 Å². The van der Waals surface area contributed by atoms with Gasteiger partial charge in [-0.2, -0.15) is 0 Å². The predicted molar refractivity (Wildman–Crippen MR) is 93.1 cm³/mol. The Morgan fingerprint density at radius 1 is 1.25 bits per heavy atom. The van der Waals surface area contributed by atoms with Gasteiger partial charge in [-0.1, -0.05) is 6.08 Å². The van der Waals surface area contributed by atoms with Crippen LogP contribution in [-0.4, -0.2) is 49.6 Å². The van der Waals surface area contributed by atoms with E-state index >= 15 is 0 Å². The average Bonchev–Trinajstić information content (AvgIpc) is 2.48.